The predicted molar refractivity (Wildman–Crippen MR) is 80.0 cm³/mol. The molecule has 20 heavy (non-hydrogen) atoms. The van der Waals surface area contributed by atoms with Gasteiger partial charge in [-0.25, -0.2) is 9.97 Å². The van der Waals surface area contributed by atoms with Gasteiger partial charge in [-0.2, -0.15) is 0 Å². The minimum Gasteiger partial charge on any atom is -0.383 e. The van der Waals surface area contributed by atoms with Crippen LogP contribution in [0.3, 0.4) is 0 Å². The van der Waals surface area contributed by atoms with E-state index in [-0.39, 0.29) is 0 Å². The summed E-state index contributed by atoms with van der Waals surface area (Å²) in [5.41, 5.74) is 7.07. The molecule has 1 aliphatic carbocycles. The molecule has 2 aliphatic rings. The molecule has 0 amide bonds. The van der Waals surface area contributed by atoms with E-state index in [9.17, 15) is 0 Å². The van der Waals surface area contributed by atoms with Gasteiger partial charge in [-0.1, -0.05) is 0 Å². The van der Waals surface area contributed by atoms with Crippen LogP contribution < -0.4 is 10.6 Å². The van der Waals surface area contributed by atoms with Crippen LogP contribution in [0.1, 0.15) is 49.9 Å². The molecule has 1 saturated heterocycles. The van der Waals surface area contributed by atoms with Gasteiger partial charge in [-0.05, 0) is 39.5 Å². The minimum absolute atomic E-state index is 0.329. The molecule has 1 aromatic heterocycles. The SMILES string of the molecule is CCN(CC1CCCO1)c1nc(C2CC2)nc(N)c1C. The van der Waals surface area contributed by atoms with Crippen LogP contribution in [0.4, 0.5) is 11.6 Å². The maximum atomic E-state index is 6.08. The molecule has 2 N–H and O–H groups in total. The summed E-state index contributed by atoms with van der Waals surface area (Å²) in [6.45, 7) is 6.88. The Hall–Kier alpha value is -1.36. The van der Waals surface area contributed by atoms with Crippen LogP contribution in [-0.2, 0) is 4.74 Å². The van der Waals surface area contributed by atoms with Gasteiger partial charge in [0.1, 0.15) is 17.5 Å². The van der Waals surface area contributed by atoms with E-state index in [1.165, 1.54) is 19.3 Å². The van der Waals surface area contributed by atoms with Gasteiger partial charge < -0.3 is 15.4 Å². The first-order chi connectivity index (χ1) is 9.69. The Morgan fingerprint density at radius 2 is 2.10 bits per heavy atom. The molecule has 2 fully saturated rings. The maximum absolute atomic E-state index is 6.08. The topological polar surface area (TPSA) is 64.3 Å². The highest BCUT2D eigenvalue weighted by Gasteiger charge is 2.29. The first-order valence-corrected chi connectivity index (χ1v) is 7.69. The van der Waals surface area contributed by atoms with Crippen molar-refractivity contribution in [1.82, 2.24) is 9.97 Å². The summed E-state index contributed by atoms with van der Waals surface area (Å²) in [6, 6.07) is 0. The fraction of sp³-hybridized carbons (Fsp3) is 0.733. The number of rotatable bonds is 5. The van der Waals surface area contributed by atoms with Crippen molar-refractivity contribution in [3.8, 4) is 0 Å². The molecule has 5 heteroatoms. The van der Waals surface area contributed by atoms with Gasteiger partial charge in [0.05, 0.1) is 6.10 Å². The van der Waals surface area contributed by atoms with Crippen LogP contribution in [0.2, 0.25) is 0 Å². The highest BCUT2D eigenvalue weighted by atomic mass is 16.5. The number of hydrogen-bond acceptors (Lipinski definition) is 5. The molecule has 110 valence electrons. The first-order valence-electron chi connectivity index (χ1n) is 7.69. The standard InChI is InChI=1S/C15H24N4O/c1-3-19(9-12-5-4-8-20-12)15-10(2)13(16)17-14(18-15)11-6-7-11/h11-12H,3-9H2,1-2H3,(H2,16,17,18). The molecular weight excluding hydrogens is 252 g/mol. The van der Waals surface area contributed by atoms with Gasteiger partial charge in [-0.15, -0.1) is 0 Å². The monoisotopic (exact) mass is 276 g/mol. The quantitative estimate of drug-likeness (QED) is 0.893. The van der Waals surface area contributed by atoms with Gasteiger partial charge in [0.25, 0.3) is 0 Å². The Morgan fingerprint density at radius 1 is 1.30 bits per heavy atom. The molecule has 0 bridgehead atoms. The molecule has 1 aromatic rings. The second-order valence-corrected chi connectivity index (χ2v) is 5.86. The molecule has 0 radical (unpaired) electrons. The largest absolute Gasteiger partial charge is 0.383 e. The van der Waals surface area contributed by atoms with Crippen LogP contribution in [0.5, 0.6) is 0 Å². The van der Waals surface area contributed by atoms with Crippen LogP contribution >= 0.6 is 0 Å². The summed E-state index contributed by atoms with van der Waals surface area (Å²) < 4.78 is 5.75. The van der Waals surface area contributed by atoms with E-state index in [0.29, 0.717) is 17.8 Å². The lowest BCUT2D eigenvalue weighted by Crippen LogP contribution is -2.33. The van der Waals surface area contributed by atoms with Crippen LogP contribution in [0.15, 0.2) is 0 Å². The Morgan fingerprint density at radius 3 is 2.70 bits per heavy atom. The van der Waals surface area contributed by atoms with Crippen molar-refractivity contribution in [1.29, 1.82) is 0 Å². The Labute approximate surface area is 120 Å². The Kier molecular flexibility index (Phi) is 3.78. The van der Waals surface area contributed by atoms with E-state index in [1.54, 1.807) is 0 Å². The number of nitrogens with zero attached hydrogens (tertiary/aromatic N) is 3. The number of nitrogens with two attached hydrogens (primary N) is 1. The first kappa shape index (κ1) is 13.6. The highest BCUT2D eigenvalue weighted by molar-refractivity contribution is 5.57. The summed E-state index contributed by atoms with van der Waals surface area (Å²) >= 11 is 0. The van der Waals surface area contributed by atoms with E-state index in [2.05, 4.69) is 16.8 Å². The number of aromatic nitrogens is 2. The molecule has 3 rings (SSSR count). The predicted octanol–water partition coefficient (Wildman–Crippen LogP) is 2.25. The number of anilines is 2. The van der Waals surface area contributed by atoms with E-state index in [0.717, 1.165) is 43.3 Å². The third-order valence-electron chi connectivity index (χ3n) is 4.25. The molecular formula is C15H24N4O. The lowest BCUT2D eigenvalue weighted by molar-refractivity contribution is 0.115. The summed E-state index contributed by atoms with van der Waals surface area (Å²) in [4.78, 5) is 11.5. The fourth-order valence-electron chi connectivity index (χ4n) is 2.77. The van der Waals surface area contributed by atoms with Crippen molar-refractivity contribution in [2.75, 3.05) is 30.3 Å². The van der Waals surface area contributed by atoms with Crippen molar-refractivity contribution in [3.63, 3.8) is 0 Å². The normalized spacial score (nSPS) is 22.2. The van der Waals surface area contributed by atoms with E-state index >= 15 is 0 Å². The molecule has 1 atom stereocenters. The molecule has 5 nitrogen and oxygen atoms in total. The van der Waals surface area contributed by atoms with Crippen LogP contribution in [-0.4, -0.2) is 35.8 Å². The maximum Gasteiger partial charge on any atom is 0.137 e. The fourth-order valence-corrected chi connectivity index (χ4v) is 2.77. The molecule has 1 saturated carbocycles. The number of likely N-dealkylation sites (N-methyl/N-ethyl adjacent to an activating group) is 1. The van der Waals surface area contributed by atoms with Gasteiger partial charge in [0, 0.05) is 31.2 Å². The molecule has 0 aromatic carbocycles. The van der Waals surface area contributed by atoms with E-state index in [4.69, 9.17) is 15.5 Å². The van der Waals surface area contributed by atoms with Crippen molar-refractivity contribution in [3.05, 3.63) is 11.4 Å². The number of nitrogen functional groups attached to an aromatic ring is 1. The van der Waals surface area contributed by atoms with E-state index in [1.807, 2.05) is 6.92 Å². The van der Waals surface area contributed by atoms with Crippen LogP contribution in [0.25, 0.3) is 0 Å². The minimum atomic E-state index is 0.329. The third-order valence-corrected chi connectivity index (χ3v) is 4.25. The van der Waals surface area contributed by atoms with Crippen molar-refractivity contribution in [2.45, 2.75) is 51.6 Å². The van der Waals surface area contributed by atoms with Crippen LogP contribution in [0, 0.1) is 6.92 Å². The van der Waals surface area contributed by atoms with Gasteiger partial charge in [0.2, 0.25) is 0 Å². The Balaban J connectivity index is 1.85. The van der Waals surface area contributed by atoms with Gasteiger partial charge in [0.15, 0.2) is 0 Å². The van der Waals surface area contributed by atoms with Crippen molar-refractivity contribution < 1.29 is 4.74 Å². The summed E-state index contributed by atoms with van der Waals surface area (Å²) in [6.07, 6.45) is 5.03. The zero-order valence-corrected chi connectivity index (χ0v) is 12.4. The summed E-state index contributed by atoms with van der Waals surface area (Å²) in [7, 11) is 0. The summed E-state index contributed by atoms with van der Waals surface area (Å²) in [5.74, 6) is 3.08. The zero-order valence-electron chi connectivity index (χ0n) is 12.4. The number of hydrogen-bond donors (Lipinski definition) is 1. The van der Waals surface area contributed by atoms with Crippen molar-refractivity contribution in [2.24, 2.45) is 0 Å². The molecule has 2 heterocycles. The lowest BCUT2D eigenvalue weighted by atomic mass is 10.2. The molecule has 0 spiro atoms. The van der Waals surface area contributed by atoms with Gasteiger partial charge in [-0.3, -0.25) is 0 Å². The second-order valence-electron chi connectivity index (χ2n) is 5.86. The second kappa shape index (κ2) is 5.56. The van der Waals surface area contributed by atoms with Gasteiger partial charge >= 0.3 is 0 Å². The third kappa shape index (κ3) is 2.73. The molecule has 1 unspecified atom stereocenters. The van der Waals surface area contributed by atoms with E-state index < -0.39 is 0 Å². The highest BCUT2D eigenvalue weighted by Crippen LogP contribution is 2.39. The average Bonchev–Trinajstić information content (AvgIpc) is 3.17. The smallest absolute Gasteiger partial charge is 0.137 e. The average molecular weight is 276 g/mol. The van der Waals surface area contributed by atoms with Crippen molar-refractivity contribution >= 4 is 11.6 Å². The molecule has 1 aliphatic heterocycles. The lowest BCUT2D eigenvalue weighted by Gasteiger charge is -2.27. The Bertz CT molecular complexity index is 481. The summed E-state index contributed by atoms with van der Waals surface area (Å²) in [5, 5.41) is 0. The zero-order chi connectivity index (χ0) is 14.1. The number of ether oxygens (including phenoxy) is 1.